The van der Waals surface area contributed by atoms with Gasteiger partial charge in [0.15, 0.2) is 6.04 Å². The molecule has 2 atom stereocenters. The van der Waals surface area contributed by atoms with Gasteiger partial charge < -0.3 is 16.0 Å². The average molecular weight is 459 g/mol. The maximum absolute atomic E-state index is 14.0. The van der Waals surface area contributed by atoms with E-state index in [0.717, 1.165) is 11.3 Å². The van der Waals surface area contributed by atoms with Gasteiger partial charge in [0.25, 0.3) is 0 Å². The van der Waals surface area contributed by atoms with Crippen molar-refractivity contribution in [2.45, 2.75) is 68.7 Å². The third kappa shape index (κ3) is 3.41. The van der Waals surface area contributed by atoms with Crippen LogP contribution in [-0.2, 0) is 16.6 Å². The van der Waals surface area contributed by atoms with E-state index >= 15 is 0 Å². The lowest BCUT2D eigenvalue weighted by molar-refractivity contribution is -0.211. The van der Waals surface area contributed by atoms with Crippen molar-refractivity contribution in [2.24, 2.45) is 11.1 Å². The predicted octanol–water partition coefficient (Wildman–Crippen LogP) is 4.34. The van der Waals surface area contributed by atoms with E-state index in [4.69, 9.17) is 5.73 Å². The van der Waals surface area contributed by atoms with Gasteiger partial charge in [-0.15, -0.1) is 0 Å². The van der Waals surface area contributed by atoms with Gasteiger partial charge in [-0.25, -0.2) is 0 Å². The van der Waals surface area contributed by atoms with E-state index in [-0.39, 0.29) is 22.7 Å². The first-order chi connectivity index (χ1) is 15.3. The van der Waals surface area contributed by atoms with Crippen LogP contribution in [0.1, 0.15) is 56.0 Å². The van der Waals surface area contributed by atoms with Crippen molar-refractivity contribution in [3.63, 3.8) is 0 Å². The molecule has 4 aliphatic rings. The Labute approximate surface area is 191 Å². The van der Waals surface area contributed by atoms with Crippen LogP contribution in [0.4, 0.5) is 18.9 Å². The van der Waals surface area contributed by atoms with Crippen molar-refractivity contribution in [1.29, 1.82) is 0 Å². The number of pyridine rings is 1. The number of nitrogens with two attached hydrogens (primary N) is 1. The van der Waals surface area contributed by atoms with E-state index in [1.807, 2.05) is 12.1 Å². The molecular formula is C25H29F3N4O. The van der Waals surface area contributed by atoms with Crippen LogP contribution in [-0.4, -0.2) is 40.6 Å². The van der Waals surface area contributed by atoms with Gasteiger partial charge in [0, 0.05) is 24.0 Å². The summed E-state index contributed by atoms with van der Waals surface area (Å²) in [5.74, 6) is -0.494. The summed E-state index contributed by atoms with van der Waals surface area (Å²) in [4.78, 5) is 17.8. The van der Waals surface area contributed by atoms with Crippen molar-refractivity contribution in [2.75, 3.05) is 12.4 Å². The molecule has 0 radical (unpaired) electrons. The molecule has 176 valence electrons. The SMILES string of the molecule is CN(C(=O)C12CC(N)(C1)C2)C(c1ccc(N[C@H]2Cc3ccccc3C2(C)C)cn1)C(F)(F)F. The highest BCUT2D eigenvalue weighted by molar-refractivity contribution is 5.87. The molecule has 33 heavy (non-hydrogen) atoms. The number of alkyl halides is 3. The molecule has 3 fully saturated rings. The zero-order valence-electron chi connectivity index (χ0n) is 19.0. The highest BCUT2D eigenvalue weighted by Crippen LogP contribution is 2.66. The minimum Gasteiger partial charge on any atom is -0.380 e. The highest BCUT2D eigenvalue weighted by atomic mass is 19.4. The predicted molar refractivity (Wildman–Crippen MR) is 120 cm³/mol. The molecule has 0 spiro atoms. The molecule has 3 N–H and O–H groups in total. The highest BCUT2D eigenvalue weighted by Gasteiger charge is 2.71. The second-order valence-electron chi connectivity index (χ2n) is 10.8. The van der Waals surface area contributed by atoms with Crippen molar-refractivity contribution in [3.05, 3.63) is 59.4 Å². The summed E-state index contributed by atoms with van der Waals surface area (Å²) in [6, 6.07) is 9.27. The van der Waals surface area contributed by atoms with Gasteiger partial charge in [-0.05, 0) is 48.9 Å². The molecule has 1 heterocycles. The molecule has 1 aromatic heterocycles. The number of carbonyl (C=O) groups excluding carboxylic acids is 1. The summed E-state index contributed by atoms with van der Waals surface area (Å²) < 4.78 is 42.1. The van der Waals surface area contributed by atoms with Crippen molar-refractivity contribution >= 4 is 11.6 Å². The molecule has 2 aromatic rings. The molecule has 1 aromatic carbocycles. The van der Waals surface area contributed by atoms with Crippen LogP contribution in [0.25, 0.3) is 0 Å². The lowest BCUT2D eigenvalue weighted by atomic mass is 9.39. The summed E-state index contributed by atoms with van der Waals surface area (Å²) in [6.07, 6.45) is -0.985. The summed E-state index contributed by atoms with van der Waals surface area (Å²) in [7, 11) is 1.22. The van der Waals surface area contributed by atoms with Gasteiger partial charge in [0.05, 0.1) is 23.0 Å². The Hall–Kier alpha value is -2.61. The zero-order valence-corrected chi connectivity index (χ0v) is 19.0. The molecule has 8 heteroatoms. The van der Waals surface area contributed by atoms with Gasteiger partial charge in [-0.1, -0.05) is 38.1 Å². The number of hydrogen-bond donors (Lipinski definition) is 2. The number of benzene rings is 1. The number of aromatic nitrogens is 1. The van der Waals surface area contributed by atoms with Crippen LogP contribution in [0, 0.1) is 5.41 Å². The van der Waals surface area contributed by atoms with Crippen LogP contribution in [0.3, 0.4) is 0 Å². The number of nitrogens with zero attached hydrogens (tertiary/aromatic N) is 2. The summed E-state index contributed by atoms with van der Waals surface area (Å²) in [5.41, 5.74) is 7.81. The fourth-order valence-electron chi connectivity index (χ4n) is 6.25. The molecule has 1 amide bonds. The minimum absolute atomic E-state index is 0.0954. The first kappa shape index (κ1) is 22.2. The average Bonchev–Trinajstić information content (AvgIpc) is 2.95. The lowest BCUT2D eigenvalue weighted by Crippen LogP contribution is -2.76. The monoisotopic (exact) mass is 458 g/mol. The maximum atomic E-state index is 14.0. The molecule has 3 saturated carbocycles. The third-order valence-electron chi connectivity index (χ3n) is 7.96. The van der Waals surface area contributed by atoms with Crippen molar-refractivity contribution < 1.29 is 18.0 Å². The van der Waals surface area contributed by atoms with Crippen molar-refractivity contribution in [3.8, 4) is 0 Å². The second kappa shape index (κ2) is 6.95. The van der Waals surface area contributed by atoms with Gasteiger partial charge in [-0.2, -0.15) is 13.2 Å². The molecule has 5 nitrogen and oxygen atoms in total. The Morgan fingerprint density at radius 2 is 1.85 bits per heavy atom. The largest absolute Gasteiger partial charge is 0.414 e. The zero-order chi connectivity index (χ0) is 23.8. The minimum atomic E-state index is -4.63. The Morgan fingerprint density at radius 1 is 1.18 bits per heavy atom. The number of halogens is 3. The quantitative estimate of drug-likeness (QED) is 0.699. The Balaban J connectivity index is 1.33. The van der Waals surface area contributed by atoms with Crippen LogP contribution >= 0.6 is 0 Å². The summed E-state index contributed by atoms with van der Waals surface area (Å²) in [5, 5.41) is 3.45. The number of anilines is 1. The van der Waals surface area contributed by atoms with Crippen LogP contribution in [0.5, 0.6) is 0 Å². The number of amides is 1. The molecule has 1 unspecified atom stereocenters. The summed E-state index contributed by atoms with van der Waals surface area (Å²) in [6.45, 7) is 4.32. The van der Waals surface area contributed by atoms with E-state index in [1.54, 1.807) is 6.07 Å². The maximum Gasteiger partial charge on any atom is 0.414 e. The fourth-order valence-corrected chi connectivity index (χ4v) is 6.25. The fraction of sp³-hybridized carbons (Fsp3) is 0.520. The van der Waals surface area contributed by atoms with E-state index in [9.17, 15) is 18.0 Å². The number of hydrogen-bond acceptors (Lipinski definition) is 4. The molecule has 4 aliphatic carbocycles. The normalized spacial score (nSPS) is 30.0. The van der Waals surface area contributed by atoms with Crippen LogP contribution in [0.2, 0.25) is 0 Å². The third-order valence-corrected chi connectivity index (χ3v) is 7.96. The number of carbonyl (C=O) groups is 1. The molecule has 6 rings (SSSR count). The Morgan fingerprint density at radius 3 is 2.39 bits per heavy atom. The lowest BCUT2D eigenvalue weighted by Gasteiger charge is -2.68. The van der Waals surface area contributed by atoms with E-state index in [1.165, 1.54) is 30.4 Å². The van der Waals surface area contributed by atoms with Gasteiger partial charge in [0.2, 0.25) is 5.91 Å². The second-order valence-corrected chi connectivity index (χ2v) is 10.8. The number of fused-ring (bicyclic) bond motifs is 1. The van der Waals surface area contributed by atoms with E-state index in [2.05, 4.69) is 36.3 Å². The standard InChI is InChI=1S/C25H29F3N4O/c1-22(2)17-7-5-4-6-15(17)10-19(22)31-16-8-9-18(30-11-16)20(25(26,27)28)32(3)21(33)23-12-24(29,13-23)14-23/h4-9,11,19-20,31H,10,12-14,29H2,1-3H3/t19-,20?,23?,24?/m0/s1. The smallest absolute Gasteiger partial charge is 0.380 e. The van der Waals surface area contributed by atoms with Gasteiger partial charge in [0.1, 0.15) is 0 Å². The van der Waals surface area contributed by atoms with E-state index in [0.29, 0.717) is 24.9 Å². The van der Waals surface area contributed by atoms with Crippen molar-refractivity contribution in [1.82, 2.24) is 9.88 Å². The molecule has 0 aliphatic heterocycles. The molecular weight excluding hydrogens is 429 g/mol. The van der Waals surface area contributed by atoms with Crippen LogP contribution < -0.4 is 11.1 Å². The van der Waals surface area contributed by atoms with Gasteiger partial charge in [-0.3, -0.25) is 9.78 Å². The number of nitrogens with one attached hydrogen (secondary N) is 1. The Kier molecular flexibility index (Phi) is 4.67. The topological polar surface area (TPSA) is 71.2 Å². The summed E-state index contributed by atoms with van der Waals surface area (Å²) >= 11 is 0. The van der Waals surface area contributed by atoms with E-state index < -0.39 is 23.5 Å². The first-order valence-electron chi connectivity index (χ1n) is 11.3. The Bertz CT molecular complexity index is 1080. The van der Waals surface area contributed by atoms with Gasteiger partial charge >= 0.3 is 6.18 Å². The first-order valence-corrected chi connectivity index (χ1v) is 11.3. The molecule has 2 bridgehead atoms. The van der Waals surface area contributed by atoms with Crippen LogP contribution in [0.15, 0.2) is 42.6 Å². The number of rotatable bonds is 5. The molecule has 0 saturated heterocycles.